The second-order valence-electron chi connectivity index (χ2n) is 8.66. The topological polar surface area (TPSA) is 131 Å². The van der Waals surface area contributed by atoms with Crippen LogP contribution in [0.1, 0.15) is 104 Å². The van der Waals surface area contributed by atoms with Crippen LogP contribution in [0.3, 0.4) is 0 Å². The zero-order valence-corrected chi connectivity index (χ0v) is 22.6. The molecule has 0 saturated carbocycles. The fourth-order valence-corrected chi connectivity index (χ4v) is 3.93. The van der Waals surface area contributed by atoms with E-state index in [9.17, 15) is 24.2 Å². The Bertz CT molecular complexity index is 614. The number of esters is 1. The van der Waals surface area contributed by atoms with Crippen molar-refractivity contribution in [3.63, 3.8) is 0 Å². The average Bonchev–Trinajstić information content (AvgIpc) is 2.82. The molecular formula is C25H48NO8P. The van der Waals surface area contributed by atoms with Crippen molar-refractivity contribution in [3.8, 4) is 0 Å². The molecule has 2 atom stereocenters. The molecule has 0 radical (unpaired) electrons. The summed E-state index contributed by atoms with van der Waals surface area (Å²) in [5.41, 5.74) is 0. The van der Waals surface area contributed by atoms with E-state index in [-0.39, 0.29) is 32.1 Å². The van der Waals surface area contributed by atoms with Crippen LogP contribution in [0, 0.1) is 0 Å². The summed E-state index contributed by atoms with van der Waals surface area (Å²) < 4.78 is 26.0. The van der Waals surface area contributed by atoms with E-state index < -0.39 is 26.5 Å². The van der Waals surface area contributed by atoms with Gasteiger partial charge in [0.1, 0.15) is 12.7 Å². The molecule has 0 bridgehead atoms. The van der Waals surface area contributed by atoms with Gasteiger partial charge in [0, 0.05) is 19.4 Å². The average molecular weight is 522 g/mol. The molecule has 0 spiro atoms. The van der Waals surface area contributed by atoms with Crippen molar-refractivity contribution in [1.82, 2.24) is 5.32 Å². The van der Waals surface area contributed by atoms with E-state index in [0.717, 1.165) is 32.1 Å². The molecule has 35 heavy (non-hydrogen) atoms. The summed E-state index contributed by atoms with van der Waals surface area (Å²) in [5, 5.41) is 12.3. The van der Waals surface area contributed by atoms with E-state index in [0.29, 0.717) is 12.8 Å². The molecule has 3 N–H and O–H groups in total. The Morgan fingerprint density at radius 3 is 2.14 bits per heavy atom. The molecule has 0 rings (SSSR count). The lowest BCUT2D eigenvalue weighted by Crippen LogP contribution is -2.27. The maximum Gasteiger partial charge on any atom is 0.472 e. The van der Waals surface area contributed by atoms with E-state index in [2.05, 4.69) is 28.9 Å². The van der Waals surface area contributed by atoms with Gasteiger partial charge < -0.3 is 20.1 Å². The number of hydrogen-bond donors (Lipinski definition) is 3. The Morgan fingerprint density at radius 2 is 1.49 bits per heavy atom. The van der Waals surface area contributed by atoms with Gasteiger partial charge in [0.05, 0.1) is 13.2 Å². The predicted octanol–water partition coefficient (Wildman–Crippen LogP) is 5.20. The molecule has 0 aromatic rings. The molecule has 1 amide bonds. The van der Waals surface area contributed by atoms with Gasteiger partial charge in [-0.2, -0.15) is 0 Å². The van der Waals surface area contributed by atoms with Crippen LogP contribution in [0.25, 0.3) is 0 Å². The molecule has 0 fully saturated rings. The minimum absolute atomic E-state index is 0.0781. The number of aliphatic hydroxyl groups is 1. The number of phosphoric acid groups is 1. The maximum atomic E-state index is 11.8. The lowest BCUT2D eigenvalue weighted by molar-refractivity contribution is -0.147. The number of amides is 1. The molecule has 10 heteroatoms. The highest BCUT2D eigenvalue weighted by Crippen LogP contribution is 2.42. The van der Waals surface area contributed by atoms with Crippen molar-refractivity contribution in [1.29, 1.82) is 0 Å². The first-order valence-corrected chi connectivity index (χ1v) is 14.7. The fraction of sp³-hybridized carbons (Fsp3) is 0.840. The maximum absolute atomic E-state index is 11.8. The summed E-state index contributed by atoms with van der Waals surface area (Å²) in [5.74, 6) is -0.584. The van der Waals surface area contributed by atoms with Crippen LogP contribution in [0.15, 0.2) is 12.2 Å². The van der Waals surface area contributed by atoms with E-state index >= 15 is 0 Å². The predicted molar refractivity (Wildman–Crippen MR) is 137 cm³/mol. The molecule has 9 nitrogen and oxygen atoms in total. The summed E-state index contributed by atoms with van der Waals surface area (Å²) in [6, 6.07) is 0. The summed E-state index contributed by atoms with van der Waals surface area (Å²) in [4.78, 5) is 32.7. The lowest BCUT2D eigenvalue weighted by Gasteiger charge is -2.15. The van der Waals surface area contributed by atoms with E-state index in [1.807, 2.05) is 6.92 Å². The monoisotopic (exact) mass is 521 g/mol. The molecule has 2 unspecified atom stereocenters. The third-order valence-electron chi connectivity index (χ3n) is 5.17. The van der Waals surface area contributed by atoms with Crippen molar-refractivity contribution in [2.75, 3.05) is 26.4 Å². The van der Waals surface area contributed by atoms with Gasteiger partial charge in [0.2, 0.25) is 5.91 Å². The Kier molecular flexibility index (Phi) is 22.3. The number of nitrogens with one attached hydrogen (secondary N) is 1. The number of rotatable bonds is 24. The highest BCUT2D eigenvalue weighted by Gasteiger charge is 2.23. The van der Waals surface area contributed by atoms with Crippen molar-refractivity contribution in [2.24, 2.45) is 0 Å². The second kappa shape index (κ2) is 23.2. The van der Waals surface area contributed by atoms with Crippen LogP contribution in [0.4, 0.5) is 0 Å². The largest absolute Gasteiger partial charge is 0.472 e. The highest BCUT2D eigenvalue weighted by atomic mass is 31.2. The quantitative estimate of drug-likeness (QED) is 0.0684. The number of carbonyl (C=O) groups excluding carboxylic acids is 2. The first-order valence-electron chi connectivity index (χ1n) is 13.2. The summed E-state index contributed by atoms with van der Waals surface area (Å²) in [6.45, 7) is 3.07. The molecule has 0 saturated heterocycles. The number of aliphatic hydroxyl groups excluding tert-OH is 1. The summed E-state index contributed by atoms with van der Waals surface area (Å²) in [7, 11) is -4.37. The molecular weight excluding hydrogens is 473 g/mol. The normalized spacial score (nSPS) is 14.1. The van der Waals surface area contributed by atoms with Gasteiger partial charge >= 0.3 is 13.8 Å². The fourth-order valence-electron chi connectivity index (χ4n) is 3.17. The lowest BCUT2D eigenvalue weighted by atomic mass is 10.1. The van der Waals surface area contributed by atoms with Gasteiger partial charge in [0.15, 0.2) is 0 Å². The molecule has 0 aromatic heterocycles. The van der Waals surface area contributed by atoms with Crippen molar-refractivity contribution in [2.45, 2.75) is 110 Å². The second-order valence-corrected chi connectivity index (χ2v) is 10.1. The Morgan fingerprint density at radius 1 is 0.857 bits per heavy atom. The van der Waals surface area contributed by atoms with Crippen LogP contribution in [-0.4, -0.2) is 54.3 Å². The third kappa shape index (κ3) is 24.2. The number of unbranched alkanes of at least 4 members (excludes halogenated alkanes) is 9. The summed E-state index contributed by atoms with van der Waals surface area (Å²) in [6.07, 6.45) is 17.4. The van der Waals surface area contributed by atoms with Crippen molar-refractivity contribution >= 4 is 19.7 Å². The van der Waals surface area contributed by atoms with Crippen molar-refractivity contribution < 1.29 is 37.9 Å². The van der Waals surface area contributed by atoms with Crippen LogP contribution >= 0.6 is 7.82 Å². The highest BCUT2D eigenvalue weighted by molar-refractivity contribution is 7.47. The molecule has 0 aliphatic heterocycles. The van der Waals surface area contributed by atoms with E-state index in [1.165, 1.54) is 38.5 Å². The minimum Gasteiger partial charge on any atom is -0.463 e. The smallest absolute Gasteiger partial charge is 0.463 e. The molecule has 0 heterocycles. The zero-order valence-electron chi connectivity index (χ0n) is 21.8. The van der Waals surface area contributed by atoms with Gasteiger partial charge in [-0.05, 0) is 38.5 Å². The number of hydrogen-bond acceptors (Lipinski definition) is 7. The van der Waals surface area contributed by atoms with Crippen molar-refractivity contribution in [3.05, 3.63) is 12.2 Å². The molecule has 0 aliphatic rings. The standard InChI is InChI=1S/C25H48NO8P/c1-3-5-6-7-8-9-10-11-12-13-14-15-16-18-24(28)26-19-20-33-35(30,31)34-22-23(27)21-32-25(29)17-4-2/h9-10,23,27H,3-8,11-22H2,1-2H3,(H,26,28)(H,30,31)/b10-9-. The van der Waals surface area contributed by atoms with Gasteiger partial charge in [-0.1, -0.05) is 64.5 Å². The number of carbonyl (C=O) groups is 2. The molecule has 0 aliphatic carbocycles. The van der Waals surface area contributed by atoms with Gasteiger partial charge in [-0.15, -0.1) is 0 Å². The Balaban J connectivity index is 3.62. The Hall–Kier alpha value is -1.25. The molecule has 0 aromatic carbocycles. The minimum atomic E-state index is -4.37. The van der Waals surface area contributed by atoms with E-state index in [4.69, 9.17) is 9.26 Å². The van der Waals surface area contributed by atoms with Crippen LogP contribution < -0.4 is 5.32 Å². The number of phosphoric ester groups is 1. The van der Waals surface area contributed by atoms with E-state index in [1.54, 1.807) is 0 Å². The number of ether oxygens (including phenoxy) is 1. The first-order chi connectivity index (χ1) is 16.8. The SMILES string of the molecule is CCCCCC/C=C\CCCCCCCC(=O)NCCOP(=O)(O)OCC(O)COC(=O)CCC. The van der Waals surface area contributed by atoms with Crippen LogP contribution in [-0.2, 0) is 27.9 Å². The first kappa shape index (κ1) is 33.8. The Labute approximate surface area is 211 Å². The molecule has 206 valence electrons. The van der Waals surface area contributed by atoms with Gasteiger partial charge in [-0.25, -0.2) is 4.57 Å². The van der Waals surface area contributed by atoms with Gasteiger partial charge in [0.25, 0.3) is 0 Å². The zero-order chi connectivity index (χ0) is 26.2. The van der Waals surface area contributed by atoms with Gasteiger partial charge in [-0.3, -0.25) is 18.6 Å². The summed E-state index contributed by atoms with van der Waals surface area (Å²) >= 11 is 0. The number of allylic oxidation sites excluding steroid dienone is 2. The van der Waals surface area contributed by atoms with Crippen LogP contribution in [0.5, 0.6) is 0 Å². The third-order valence-corrected chi connectivity index (χ3v) is 6.15. The van der Waals surface area contributed by atoms with Crippen LogP contribution in [0.2, 0.25) is 0 Å².